The van der Waals surface area contributed by atoms with Crippen LogP contribution in [0.4, 0.5) is 5.69 Å². The van der Waals surface area contributed by atoms with Crippen molar-refractivity contribution in [2.24, 2.45) is 5.41 Å². The van der Waals surface area contributed by atoms with E-state index < -0.39 is 0 Å². The van der Waals surface area contributed by atoms with Crippen LogP contribution < -0.4 is 10.6 Å². The van der Waals surface area contributed by atoms with Crippen molar-refractivity contribution in [2.75, 3.05) is 5.32 Å². The molecule has 0 aromatic heterocycles. The number of benzene rings is 1. The number of thiocarbonyl (C=S) groups is 1. The topological polar surface area (TPSA) is 44.3 Å². The van der Waals surface area contributed by atoms with E-state index in [-0.39, 0.29) is 16.7 Å². The first-order chi connectivity index (χ1) is 8.98. The number of rotatable bonds is 3. The fourth-order valence-corrected chi connectivity index (χ4v) is 3.00. The normalized spacial score (nSPS) is 12.1. The molecule has 5 heteroatoms. The smallest absolute Gasteiger partial charge is 0.171 e. The van der Waals surface area contributed by atoms with E-state index in [9.17, 15) is 5.11 Å². The van der Waals surface area contributed by atoms with Gasteiger partial charge in [-0.1, -0.05) is 32.4 Å². The minimum Gasteiger partial charge on any atom is -0.506 e. The van der Waals surface area contributed by atoms with Crippen LogP contribution in [-0.2, 0) is 0 Å². The maximum Gasteiger partial charge on any atom is 0.171 e. The molecule has 1 rings (SSSR count). The van der Waals surface area contributed by atoms with Crippen molar-refractivity contribution >= 4 is 34.6 Å². The molecule has 1 aromatic carbocycles. The lowest BCUT2D eigenvalue weighted by atomic mass is 9.82. The summed E-state index contributed by atoms with van der Waals surface area (Å²) in [4.78, 5) is 0. The molecule has 0 aliphatic rings. The molecule has 20 heavy (non-hydrogen) atoms. The zero-order chi connectivity index (χ0) is 15.6. The quantitative estimate of drug-likeness (QED) is 0.566. The summed E-state index contributed by atoms with van der Waals surface area (Å²) in [5.41, 5.74) is 0.855. The van der Waals surface area contributed by atoms with Crippen molar-refractivity contribution in [3.8, 4) is 5.75 Å². The Hall–Kier alpha value is -1.00. The second-order valence-electron chi connectivity index (χ2n) is 6.87. The Balaban J connectivity index is 2.65. The molecule has 0 radical (unpaired) electrons. The molecule has 0 heterocycles. The van der Waals surface area contributed by atoms with Gasteiger partial charge in [0, 0.05) is 11.2 Å². The van der Waals surface area contributed by atoms with Crippen molar-refractivity contribution in [3.63, 3.8) is 0 Å². The van der Waals surface area contributed by atoms with Gasteiger partial charge in [0.2, 0.25) is 0 Å². The largest absolute Gasteiger partial charge is 0.506 e. The first-order valence-corrected chi connectivity index (χ1v) is 7.35. The van der Waals surface area contributed by atoms with Gasteiger partial charge in [-0.15, -0.1) is 0 Å². The number of anilines is 1. The zero-order valence-corrected chi connectivity index (χ0v) is 14.2. The van der Waals surface area contributed by atoms with Gasteiger partial charge in [0.15, 0.2) is 5.11 Å². The average molecular weight is 315 g/mol. The predicted octanol–water partition coefficient (Wildman–Crippen LogP) is 4.55. The number of nitrogens with one attached hydrogen (secondary N) is 2. The minimum atomic E-state index is -0.108. The predicted molar refractivity (Wildman–Crippen MR) is 90.6 cm³/mol. The lowest BCUT2D eigenvalue weighted by molar-refractivity contribution is 0.268. The van der Waals surface area contributed by atoms with Crippen LogP contribution in [0.25, 0.3) is 0 Å². The van der Waals surface area contributed by atoms with Crippen LogP contribution >= 0.6 is 23.8 Å². The van der Waals surface area contributed by atoms with Crippen LogP contribution in [0.15, 0.2) is 18.2 Å². The fourth-order valence-electron chi connectivity index (χ4n) is 2.42. The van der Waals surface area contributed by atoms with Crippen molar-refractivity contribution in [1.29, 1.82) is 0 Å². The first kappa shape index (κ1) is 17.1. The van der Waals surface area contributed by atoms with Crippen LogP contribution in [0, 0.1) is 5.41 Å². The van der Waals surface area contributed by atoms with Crippen molar-refractivity contribution < 1.29 is 5.11 Å². The van der Waals surface area contributed by atoms with E-state index in [0.717, 1.165) is 12.1 Å². The number of phenols is 1. The van der Waals surface area contributed by atoms with Crippen LogP contribution in [0.5, 0.6) is 5.75 Å². The number of aromatic hydroxyl groups is 1. The summed E-state index contributed by atoms with van der Waals surface area (Å²) in [6.07, 6.45) is 0.984. The SMILES string of the molecule is CC(C)(C)CC(C)(C)NC(=S)Nc1ccc(O)c(Cl)c1. The van der Waals surface area contributed by atoms with E-state index in [0.29, 0.717) is 10.1 Å². The van der Waals surface area contributed by atoms with Crippen LogP contribution in [0.1, 0.15) is 41.0 Å². The highest BCUT2D eigenvalue weighted by atomic mass is 35.5. The minimum absolute atomic E-state index is 0.0594. The molecule has 0 atom stereocenters. The molecule has 3 nitrogen and oxygen atoms in total. The number of hydrogen-bond donors (Lipinski definition) is 3. The second-order valence-corrected chi connectivity index (χ2v) is 7.68. The Labute approximate surface area is 131 Å². The lowest BCUT2D eigenvalue weighted by Crippen LogP contribution is -2.47. The molecular formula is C15H23ClN2OS. The van der Waals surface area contributed by atoms with Crippen LogP contribution in [0.3, 0.4) is 0 Å². The lowest BCUT2D eigenvalue weighted by Gasteiger charge is -2.34. The van der Waals surface area contributed by atoms with E-state index in [2.05, 4.69) is 45.3 Å². The third-order valence-electron chi connectivity index (χ3n) is 2.63. The number of hydrogen-bond acceptors (Lipinski definition) is 2. The standard InChI is InChI=1S/C15H23ClN2OS/c1-14(2,3)9-15(4,5)18-13(20)17-10-6-7-12(19)11(16)8-10/h6-8,19H,9H2,1-5H3,(H2,17,18,20). The van der Waals surface area contributed by atoms with Crippen LogP contribution in [-0.4, -0.2) is 15.8 Å². The van der Waals surface area contributed by atoms with Gasteiger partial charge >= 0.3 is 0 Å². The summed E-state index contributed by atoms with van der Waals surface area (Å²) in [6.45, 7) is 10.8. The number of phenolic OH excluding ortho intramolecular Hbond substituents is 1. The molecule has 0 fully saturated rings. The summed E-state index contributed by atoms with van der Waals surface area (Å²) in [6, 6.07) is 4.90. The summed E-state index contributed by atoms with van der Waals surface area (Å²) in [5.74, 6) is 0.0594. The Morgan fingerprint density at radius 2 is 1.85 bits per heavy atom. The maximum atomic E-state index is 9.38. The van der Waals surface area contributed by atoms with E-state index >= 15 is 0 Å². The van der Waals surface area contributed by atoms with Gasteiger partial charge in [-0.25, -0.2) is 0 Å². The second kappa shape index (κ2) is 6.19. The molecule has 0 aliphatic heterocycles. The summed E-state index contributed by atoms with van der Waals surface area (Å²) >= 11 is 11.2. The third kappa shape index (κ3) is 5.97. The molecule has 3 N–H and O–H groups in total. The Kier molecular flexibility index (Phi) is 5.27. The molecule has 0 saturated heterocycles. The highest BCUT2D eigenvalue weighted by Crippen LogP contribution is 2.28. The summed E-state index contributed by atoms with van der Waals surface area (Å²) < 4.78 is 0. The van der Waals surface area contributed by atoms with Crippen molar-refractivity contribution in [3.05, 3.63) is 23.2 Å². The fraction of sp³-hybridized carbons (Fsp3) is 0.533. The molecule has 0 bridgehead atoms. The summed E-state index contributed by atoms with van der Waals surface area (Å²) in [5, 5.41) is 16.6. The monoisotopic (exact) mass is 314 g/mol. The van der Waals surface area contributed by atoms with Gasteiger partial charge in [-0.05, 0) is 56.1 Å². The van der Waals surface area contributed by atoms with E-state index in [4.69, 9.17) is 23.8 Å². The molecule has 0 aliphatic carbocycles. The van der Waals surface area contributed by atoms with Gasteiger partial charge in [0.1, 0.15) is 5.75 Å². The summed E-state index contributed by atoms with van der Waals surface area (Å²) in [7, 11) is 0. The van der Waals surface area contributed by atoms with Crippen molar-refractivity contribution in [1.82, 2.24) is 5.32 Å². The van der Waals surface area contributed by atoms with Gasteiger partial charge in [-0.3, -0.25) is 0 Å². The number of halogens is 1. The van der Waals surface area contributed by atoms with Gasteiger partial charge in [0.25, 0.3) is 0 Å². The Bertz CT molecular complexity index is 495. The van der Waals surface area contributed by atoms with Crippen LogP contribution in [0.2, 0.25) is 5.02 Å². The molecule has 0 saturated carbocycles. The van der Waals surface area contributed by atoms with E-state index in [1.807, 2.05) is 0 Å². The van der Waals surface area contributed by atoms with Crippen molar-refractivity contribution in [2.45, 2.75) is 46.6 Å². The highest BCUT2D eigenvalue weighted by molar-refractivity contribution is 7.80. The third-order valence-corrected chi connectivity index (χ3v) is 3.14. The zero-order valence-electron chi connectivity index (χ0n) is 12.7. The average Bonchev–Trinajstić information content (AvgIpc) is 2.18. The molecule has 0 amide bonds. The first-order valence-electron chi connectivity index (χ1n) is 6.56. The highest BCUT2D eigenvalue weighted by Gasteiger charge is 2.25. The van der Waals surface area contributed by atoms with Gasteiger partial charge in [0.05, 0.1) is 5.02 Å². The van der Waals surface area contributed by atoms with E-state index in [1.54, 1.807) is 12.1 Å². The maximum absolute atomic E-state index is 9.38. The molecule has 0 unspecified atom stereocenters. The van der Waals surface area contributed by atoms with Gasteiger partial charge in [-0.2, -0.15) is 0 Å². The van der Waals surface area contributed by atoms with E-state index in [1.165, 1.54) is 6.07 Å². The molecule has 112 valence electrons. The Morgan fingerprint density at radius 3 is 2.35 bits per heavy atom. The Morgan fingerprint density at radius 1 is 1.25 bits per heavy atom. The molecule has 0 spiro atoms. The molecule has 1 aromatic rings. The molecular weight excluding hydrogens is 292 g/mol. The van der Waals surface area contributed by atoms with Gasteiger partial charge < -0.3 is 15.7 Å².